The van der Waals surface area contributed by atoms with Gasteiger partial charge in [-0.3, -0.25) is 26.2 Å². The summed E-state index contributed by atoms with van der Waals surface area (Å²) in [5, 5.41) is 21.0. The zero-order valence-corrected chi connectivity index (χ0v) is 33.6. The molecule has 1 aromatic heterocycles. The zero-order valence-electron chi connectivity index (χ0n) is 30.5. The highest BCUT2D eigenvalue weighted by atomic mass is 79.9. The van der Waals surface area contributed by atoms with Gasteiger partial charge in [-0.25, -0.2) is 9.59 Å². The first-order chi connectivity index (χ1) is 25.0. The maximum absolute atomic E-state index is 13.2. The first-order valence-electron chi connectivity index (χ1n) is 16.5. The molecule has 0 aliphatic carbocycles. The van der Waals surface area contributed by atoms with E-state index in [1.807, 2.05) is 0 Å². The van der Waals surface area contributed by atoms with E-state index in [1.54, 1.807) is 77.9 Å². The summed E-state index contributed by atoms with van der Waals surface area (Å²) in [6.07, 6.45) is -2.98. The Balaban J connectivity index is 1.59. The number of hydrogen-bond acceptors (Lipinski definition) is 9. The topological polar surface area (TPSA) is 182 Å². The van der Waals surface area contributed by atoms with Gasteiger partial charge in [0.05, 0.1) is 22.2 Å². The summed E-state index contributed by atoms with van der Waals surface area (Å²) >= 11 is 6.78. The first-order valence-corrected chi connectivity index (χ1v) is 18.0. The molecule has 1 heterocycles. The number of carbonyl (C=O) groups excluding carboxylic acids is 3. The molecular formula is C35H42Br2F3N7O7. The number of halogens is 5. The van der Waals surface area contributed by atoms with Crippen molar-refractivity contribution >= 4 is 61.6 Å². The number of imidazole rings is 1. The number of hydrogen-bond donors (Lipinski definition) is 4. The zero-order chi connectivity index (χ0) is 40.4. The highest BCUT2D eigenvalue weighted by Gasteiger charge is 2.38. The minimum atomic E-state index is -5.16. The third-order valence-corrected chi connectivity index (χ3v) is 7.92. The SMILES string of the molecule is CC(C)(C)OC(=O)NC(=N)c1ccc(OCCCn2ccn(CCCOc3ccc(C(=N)NC(=O)OC(C)(C)C)cc3Br)c2=NC(=O)C(F)(F)F)c(Br)c1. The fourth-order valence-corrected chi connectivity index (χ4v) is 5.41. The molecule has 294 valence electrons. The number of aryl methyl sites for hydroxylation is 2. The van der Waals surface area contributed by atoms with E-state index in [1.165, 1.54) is 21.5 Å². The highest BCUT2D eigenvalue weighted by molar-refractivity contribution is 9.11. The van der Waals surface area contributed by atoms with Crippen LogP contribution in [0.2, 0.25) is 0 Å². The van der Waals surface area contributed by atoms with E-state index < -0.39 is 35.5 Å². The van der Waals surface area contributed by atoms with Crippen LogP contribution in [-0.2, 0) is 27.4 Å². The number of benzene rings is 2. The van der Waals surface area contributed by atoms with Crippen molar-refractivity contribution in [3.63, 3.8) is 0 Å². The van der Waals surface area contributed by atoms with E-state index in [0.717, 1.165) is 0 Å². The molecule has 3 aromatic rings. The minimum absolute atomic E-state index is 0.147. The number of aromatic nitrogens is 2. The second kappa shape index (κ2) is 18.6. The van der Waals surface area contributed by atoms with Crippen LogP contribution in [0.5, 0.6) is 11.5 Å². The van der Waals surface area contributed by atoms with Gasteiger partial charge in [0.2, 0.25) is 5.62 Å². The highest BCUT2D eigenvalue weighted by Crippen LogP contribution is 2.27. The Labute approximate surface area is 326 Å². The van der Waals surface area contributed by atoms with E-state index >= 15 is 0 Å². The van der Waals surface area contributed by atoms with Crippen LogP contribution < -0.4 is 25.7 Å². The Bertz CT molecular complexity index is 1810. The average molecular weight is 890 g/mol. The van der Waals surface area contributed by atoms with Crippen molar-refractivity contribution in [1.29, 1.82) is 10.8 Å². The van der Waals surface area contributed by atoms with Crippen molar-refractivity contribution in [2.75, 3.05) is 13.2 Å². The molecule has 2 aromatic carbocycles. The molecule has 0 radical (unpaired) electrons. The van der Waals surface area contributed by atoms with E-state index in [2.05, 4.69) is 47.5 Å². The third-order valence-electron chi connectivity index (χ3n) is 6.68. The molecule has 3 amide bonds. The molecule has 0 unspecified atom stereocenters. The van der Waals surface area contributed by atoms with Gasteiger partial charge in [0.1, 0.15) is 34.4 Å². The van der Waals surface area contributed by atoms with Crippen LogP contribution in [-0.4, -0.2) is 69.5 Å². The fourth-order valence-electron chi connectivity index (χ4n) is 4.43. The predicted octanol–water partition coefficient (Wildman–Crippen LogP) is 7.44. The smallest absolute Gasteiger partial charge is 0.473 e. The number of alkyl carbamates (subject to hydrolysis) is 2. The number of rotatable bonds is 12. The summed E-state index contributed by atoms with van der Waals surface area (Å²) in [5.41, 5.74) is -0.872. The van der Waals surface area contributed by atoms with Gasteiger partial charge in [-0.15, -0.1) is 0 Å². The predicted molar refractivity (Wildman–Crippen MR) is 200 cm³/mol. The Morgan fingerprint density at radius 1 is 0.722 bits per heavy atom. The van der Waals surface area contributed by atoms with Crippen molar-refractivity contribution in [2.24, 2.45) is 4.99 Å². The summed E-state index contributed by atoms with van der Waals surface area (Å²) in [4.78, 5) is 39.2. The Morgan fingerprint density at radius 3 is 1.44 bits per heavy atom. The van der Waals surface area contributed by atoms with Gasteiger partial charge in [0.25, 0.3) is 0 Å². The standard InChI is InChI=1S/C35H42Br2F3N7O7/c1-33(2,3)53-31(49)43-27(41)21-9-11-25(23(36)19-21)51-17-7-13-46-15-16-47(30(46)45-29(48)35(38,39)40)14-8-18-52-26-12-10-22(20-24(26)37)28(42)44-32(50)54-34(4,5)6/h9-12,15-16,19-20H,7-8,13-14,17-18H2,1-6H3,(H2,41,43,49)(H2,42,44,50). The van der Waals surface area contributed by atoms with Gasteiger partial charge in [-0.05, 0) is 123 Å². The summed E-state index contributed by atoms with van der Waals surface area (Å²) in [7, 11) is 0. The largest absolute Gasteiger partial charge is 0.492 e. The first kappa shape index (κ1) is 43.8. The van der Waals surface area contributed by atoms with Crippen LogP contribution in [0.1, 0.15) is 65.5 Å². The lowest BCUT2D eigenvalue weighted by Gasteiger charge is -2.20. The van der Waals surface area contributed by atoms with Gasteiger partial charge < -0.3 is 28.1 Å². The van der Waals surface area contributed by atoms with Crippen molar-refractivity contribution in [3.8, 4) is 11.5 Å². The molecule has 0 saturated carbocycles. The van der Waals surface area contributed by atoms with Gasteiger partial charge in [-0.2, -0.15) is 18.2 Å². The average Bonchev–Trinajstić information content (AvgIpc) is 3.40. The number of nitrogens with zero attached hydrogens (tertiary/aromatic N) is 3. The molecule has 0 bridgehead atoms. The number of nitrogens with one attached hydrogen (secondary N) is 4. The molecule has 4 N–H and O–H groups in total. The lowest BCUT2D eigenvalue weighted by Crippen LogP contribution is -2.36. The van der Waals surface area contributed by atoms with Crippen molar-refractivity contribution < 1.29 is 46.5 Å². The number of alkyl halides is 3. The van der Waals surface area contributed by atoms with E-state index in [9.17, 15) is 27.6 Å². The maximum Gasteiger partial charge on any atom is 0.473 e. The molecular weight excluding hydrogens is 847 g/mol. The van der Waals surface area contributed by atoms with Gasteiger partial charge in [0, 0.05) is 36.6 Å². The summed E-state index contributed by atoms with van der Waals surface area (Å²) in [5.74, 6) is -1.73. The molecule has 0 spiro atoms. The van der Waals surface area contributed by atoms with Crippen LogP contribution in [0, 0.1) is 10.8 Å². The summed E-state index contributed by atoms with van der Waals surface area (Å²) in [6, 6.07) is 9.51. The Morgan fingerprint density at radius 2 is 1.11 bits per heavy atom. The van der Waals surface area contributed by atoms with E-state index in [4.69, 9.17) is 29.8 Å². The molecule has 14 nitrogen and oxygen atoms in total. The van der Waals surface area contributed by atoms with Gasteiger partial charge in [0.15, 0.2) is 0 Å². The minimum Gasteiger partial charge on any atom is -0.492 e. The number of ether oxygens (including phenoxy) is 4. The monoisotopic (exact) mass is 887 g/mol. The summed E-state index contributed by atoms with van der Waals surface area (Å²) in [6.45, 7) is 10.9. The molecule has 0 fully saturated rings. The normalized spacial score (nSPS) is 11.7. The van der Waals surface area contributed by atoms with Gasteiger partial charge in [-0.1, -0.05) is 0 Å². The maximum atomic E-state index is 13.2. The fraction of sp³-hybridized carbons (Fsp3) is 0.429. The number of carbonyl (C=O) groups is 3. The molecule has 0 aliphatic heterocycles. The van der Waals surface area contributed by atoms with Crippen LogP contribution >= 0.6 is 31.9 Å². The molecule has 0 saturated heterocycles. The van der Waals surface area contributed by atoms with E-state index in [0.29, 0.717) is 44.4 Å². The Kier molecular flexibility index (Phi) is 15.1. The molecule has 3 rings (SSSR count). The quantitative estimate of drug-likeness (QED) is 0.0828. The third kappa shape index (κ3) is 14.3. The Hall–Kier alpha value is -4.65. The number of amidine groups is 2. The second-order valence-corrected chi connectivity index (χ2v) is 15.3. The lowest BCUT2D eigenvalue weighted by molar-refractivity contribution is -0.169. The van der Waals surface area contributed by atoms with Crippen LogP contribution in [0.25, 0.3) is 0 Å². The van der Waals surface area contributed by atoms with Crippen molar-refractivity contribution in [3.05, 3.63) is 74.5 Å². The van der Waals surface area contributed by atoms with Crippen molar-refractivity contribution in [1.82, 2.24) is 19.8 Å². The molecule has 0 atom stereocenters. The second-order valence-electron chi connectivity index (χ2n) is 13.6. The van der Waals surface area contributed by atoms with E-state index in [-0.39, 0.29) is 43.6 Å². The van der Waals surface area contributed by atoms with Gasteiger partial charge >= 0.3 is 24.3 Å². The molecule has 0 aliphatic rings. The lowest BCUT2D eigenvalue weighted by atomic mass is 10.2. The molecule has 19 heteroatoms. The van der Waals surface area contributed by atoms with Crippen LogP contribution in [0.15, 0.2) is 62.7 Å². The number of amides is 3. The van der Waals surface area contributed by atoms with Crippen LogP contribution in [0.3, 0.4) is 0 Å². The molecule has 54 heavy (non-hydrogen) atoms. The van der Waals surface area contributed by atoms with Crippen molar-refractivity contribution in [2.45, 2.75) is 84.9 Å². The van der Waals surface area contributed by atoms with Crippen LogP contribution in [0.4, 0.5) is 22.8 Å². The summed E-state index contributed by atoms with van der Waals surface area (Å²) < 4.78 is 65.4.